The summed E-state index contributed by atoms with van der Waals surface area (Å²) in [5, 5.41) is 3.91. The van der Waals surface area contributed by atoms with Crippen LogP contribution in [0.1, 0.15) is 44.7 Å². The monoisotopic (exact) mass is 239 g/mol. The Morgan fingerprint density at radius 1 is 1.38 bits per heavy atom. The molecule has 0 aromatic carbocycles. The normalized spacial score (nSPS) is 16.6. The van der Waals surface area contributed by atoms with Crippen LogP contribution in [-0.4, -0.2) is 16.0 Å². The molecule has 4 heteroatoms. The van der Waals surface area contributed by atoms with Crippen molar-refractivity contribution in [1.82, 2.24) is 9.97 Å². The predicted molar refractivity (Wildman–Crippen MR) is 66.9 cm³/mol. The summed E-state index contributed by atoms with van der Waals surface area (Å²) in [6.07, 6.45) is 7.09. The molecule has 1 fully saturated rings. The van der Waals surface area contributed by atoms with E-state index < -0.39 is 0 Å². The quantitative estimate of drug-likeness (QED) is 0.818. The third-order valence-electron chi connectivity index (χ3n) is 2.94. The average Bonchev–Trinajstić information content (AvgIpc) is 2.70. The summed E-state index contributed by atoms with van der Waals surface area (Å²) in [5.41, 5.74) is 1.03. The number of anilines is 1. The molecule has 0 spiro atoms. The third-order valence-corrected chi connectivity index (χ3v) is 3.14. The molecule has 0 amide bonds. The first kappa shape index (κ1) is 11.6. The molecule has 1 aromatic rings. The molecule has 2 rings (SSSR count). The van der Waals surface area contributed by atoms with Crippen LogP contribution in [0.25, 0.3) is 0 Å². The van der Waals surface area contributed by atoms with E-state index in [1.54, 1.807) is 0 Å². The first-order valence-electron chi connectivity index (χ1n) is 6.08. The van der Waals surface area contributed by atoms with Gasteiger partial charge in [0.2, 0.25) is 5.95 Å². The number of halogens is 1. The first-order chi connectivity index (χ1) is 7.78. The zero-order valence-corrected chi connectivity index (χ0v) is 10.4. The van der Waals surface area contributed by atoms with Crippen molar-refractivity contribution >= 4 is 17.5 Å². The molecule has 0 atom stereocenters. The maximum absolute atomic E-state index is 5.98. The van der Waals surface area contributed by atoms with Crippen LogP contribution in [0.15, 0.2) is 6.07 Å². The van der Waals surface area contributed by atoms with Gasteiger partial charge in [0, 0.05) is 11.7 Å². The Labute approximate surface area is 102 Å². The minimum atomic E-state index is 0.535. The summed E-state index contributed by atoms with van der Waals surface area (Å²) in [5.74, 6) is 0.697. The molecule has 3 nitrogen and oxygen atoms in total. The first-order valence-corrected chi connectivity index (χ1v) is 6.45. The zero-order valence-electron chi connectivity index (χ0n) is 9.67. The van der Waals surface area contributed by atoms with Gasteiger partial charge in [-0.25, -0.2) is 9.97 Å². The highest BCUT2D eigenvalue weighted by Crippen LogP contribution is 2.21. The number of hydrogen-bond acceptors (Lipinski definition) is 3. The summed E-state index contributed by atoms with van der Waals surface area (Å²) in [6, 6.07) is 2.39. The summed E-state index contributed by atoms with van der Waals surface area (Å²) >= 11 is 5.98. The van der Waals surface area contributed by atoms with Gasteiger partial charge in [-0.05, 0) is 25.3 Å². The van der Waals surface area contributed by atoms with E-state index in [1.165, 1.54) is 25.7 Å². The molecule has 1 N–H and O–H groups in total. The van der Waals surface area contributed by atoms with Crippen molar-refractivity contribution in [2.45, 2.75) is 51.5 Å². The Kier molecular flexibility index (Phi) is 3.99. The Bertz CT molecular complexity index is 348. The van der Waals surface area contributed by atoms with Crippen molar-refractivity contribution < 1.29 is 0 Å². The minimum absolute atomic E-state index is 0.535. The van der Waals surface area contributed by atoms with E-state index >= 15 is 0 Å². The fraction of sp³-hybridized carbons (Fsp3) is 0.667. The Morgan fingerprint density at radius 3 is 2.81 bits per heavy atom. The van der Waals surface area contributed by atoms with E-state index in [-0.39, 0.29) is 0 Å². The number of aromatic nitrogens is 2. The lowest BCUT2D eigenvalue weighted by Crippen LogP contribution is -2.17. The van der Waals surface area contributed by atoms with Crippen LogP contribution in [0.4, 0.5) is 5.95 Å². The molecule has 0 saturated heterocycles. The SMILES string of the molecule is CCCc1cc(Cl)nc(NC2CCCC2)n1. The maximum Gasteiger partial charge on any atom is 0.224 e. The summed E-state index contributed by atoms with van der Waals surface area (Å²) in [7, 11) is 0. The second-order valence-corrected chi connectivity index (χ2v) is 4.77. The van der Waals surface area contributed by atoms with E-state index in [0.29, 0.717) is 17.1 Å². The highest BCUT2D eigenvalue weighted by atomic mass is 35.5. The molecule has 0 radical (unpaired) electrons. The topological polar surface area (TPSA) is 37.8 Å². The molecule has 88 valence electrons. The van der Waals surface area contributed by atoms with Gasteiger partial charge in [0.25, 0.3) is 0 Å². The van der Waals surface area contributed by atoms with E-state index in [0.717, 1.165) is 18.5 Å². The van der Waals surface area contributed by atoms with Gasteiger partial charge in [-0.3, -0.25) is 0 Å². The fourth-order valence-corrected chi connectivity index (χ4v) is 2.37. The second kappa shape index (κ2) is 5.48. The van der Waals surface area contributed by atoms with Crippen LogP contribution >= 0.6 is 11.6 Å². The van der Waals surface area contributed by atoms with Crippen LogP contribution in [0.5, 0.6) is 0 Å². The molecule has 1 heterocycles. The third kappa shape index (κ3) is 3.08. The number of nitrogens with zero attached hydrogens (tertiary/aromatic N) is 2. The molecule has 1 aliphatic carbocycles. The maximum atomic E-state index is 5.98. The lowest BCUT2D eigenvalue weighted by Gasteiger charge is -2.12. The van der Waals surface area contributed by atoms with Crippen molar-refractivity contribution in [2.75, 3.05) is 5.32 Å². The lowest BCUT2D eigenvalue weighted by molar-refractivity contribution is 0.740. The molecular weight excluding hydrogens is 222 g/mol. The molecular formula is C12H18ClN3. The van der Waals surface area contributed by atoms with Crippen molar-refractivity contribution in [1.29, 1.82) is 0 Å². The van der Waals surface area contributed by atoms with E-state index in [9.17, 15) is 0 Å². The fourth-order valence-electron chi connectivity index (χ4n) is 2.17. The molecule has 1 saturated carbocycles. The van der Waals surface area contributed by atoms with Gasteiger partial charge < -0.3 is 5.32 Å². The second-order valence-electron chi connectivity index (χ2n) is 4.38. The summed E-state index contributed by atoms with van der Waals surface area (Å²) in [4.78, 5) is 8.70. The van der Waals surface area contributed by atoms with Crippen molar-refractivity contribution in [3.05, 3.63) is 16.9 Å². The van der Waals surface area contributed by atoms with Crippen LogP contribution in [0, 0.1) is 0 Å². The molecule has 1 aliphatic rings. The summed E-state index contributed by atoms with van der Waals surface area (Å²) in [6.45, 7) is 2.14. The van der Waals surface area contributed by atoms with Crippen LogP contribution in [-0.2, 0) is 6.42 Å². The molecule has 0 aliphatic heterocycles. The average molecular weight is 240 g/mol. The van der Waals surface area contributed by atoms with Crippen LogP contribution < -0.4 is 5.32 Å². The largest absolute Gasteiger partial charge is 0.351 e. The van der Waals surface area contributed by atoms with Gasteiger partial charge in [0.05, 0.1) is 0 Å². The van der Waals surface area contributed by atoms with E-state index in [1.807, 2.05) is 6.07 Å². The van der Waals surface area contributed by atoms with Crippen LogP contribution in [0.2, 0.25) is 5.15 Å². The van der Waals surface area contributed by atoms with Crippen molar-refractivity contribution in [3.8, 4) is 0 Å². The predicted octanol–water partition coefficient (Wildman–Crippen LogP) is 3.44. The number of aryl methyl sites for hydroxylation is 1. The van der Waals surface area contributed by atoms with Crippen molar-refractivity contribution in [3.63, 3.8) is 0 Å². The van der Waals surface area contributed by atoms with Gasteiger partial charge in [-0.2, -0.15) is 0 Å². The number of rotatable bonds is 4. The van der Waals surface area contributed by atoms with Crippen molar-refractivity contribution in [2.24, 2.45) is 0 Å². The summed E-state index contributed by atoms with van der Waals surface area (Å²) < 4.78 is 0. The van der Waals surface area contributed by atoms with Gasteiger partial charge in [-0.15, -0.1) is 0 Å². The number of nitrogens with one attached hydrogen (secondary N) is 1. The Balaban J connectivity index is 2.06. The van der Waals surface area contributed by atoms with Crippen LogP contribution in [0.3, 0.4) is 0 Å². The lowest BCUT2D eigenvalue weighted by atomic mass is 10.2. The van der Waals surface area contributed by atoms with Gasteiger partial charge in [0.15, 0.2) is 0 Å². The molecule has 1 aromatic heterocycles. The molecule has 0 unspecified atom stereocenters. The van der Waals surface area contributed by atoms with E-state index in [4.69, 9.17) is 11.6 Å². The van der Waals surface area contributed by atoms with Gasteiger partial charge >= 0.3 is 0 Å². The minimum Gasteiger partial charge on any atom is -0.351 e. The standard InChI is InChI=1S/C12H18ClN3/c1-2-5-10-8-11(13)16-12(15-10)14-9-6-3-4-7-9/h8-9H,2-7H2,1H3,(H,14,15,16). The number of hydrogen-bond donors (Lipinski definition) is 1. The molecule has 0 bridgehead atoms. The van der Waals surface area contributed by atoms with Gasteiger partial charge in [0.1, 0.15) is 5.15 Å². The highest BCUT2D eigenvalue weighted by Gasteiger charge is 2.16. The Hall–Kier alpha value is -0.830. The smallest absolute Gasteiger partial charge is 0.224 e. The zero-order chi connectivity index (χ0) is 11.4. The molecule has 16 heavy (non-hydrogen) atoms. The Morgan fingerprint density at radius 2 is 2.12 bits per heavy atom. The van der Waals surface area contributed by atoms with Gasteiger partial charge in [-0.1, -0.05) is 37.8 Å². The highest BCUT2D eigenvalue weighted by molar-refractivity contribution is 6.29. The van der Waals surface area contributed by atoms with E-state index in [2.05, 4.69) is 22.2 Å².